The molecule has 1 N–H and O–H groups in total. The van der Waals surface area contributed by atoms with Crippen molar-refractivity contribution in [2.45, 2.75) is 32.1 Å². The Balaban J connectivity index is 1.32. The summed E-state index contributed by atoms with van der Waals surface area (Å²) in [6, 6.07) is 14.1. The normalized spacial score (nSPS) is 15.8. The second kappa shape index (κ2) is 9.30. The van der Waals surface area contributed by atoms with Crippen LogP contribution in [0.2, 0.25) is 0 Å². The van der Waals surface area contributed by atoms with Crippen molar-refractivity contribution in [3.05, 3.63) is 66.0 Å². The van der Waals surface area contributed by atoms with Crippen molar-refractivity contribution in [1.82, 2.24) is 15.2 Å². The molecule has 3 rings (SSSR count). The Hall–Kier alpha value is -2.24. The zero-order valence-corrected chi connectivity index (χ0v) is 14.4. The van der Waals surface area contributed by atoms with E-state index < -0.39 is 0 Å². The summed E-state index contributed by atoms with van der Waals surface area (Å²) in [4.78, 5) is 18.3. The number of nitrogens with zero attached hydrogens (tertiary/aromatic N) is 2. The minimum atomic E-state index is 0.0625. The molecule has 0 saturated carbocycles. The molecule has 1 aromatic carbocycles. The lowest BCUT2D eigenvalue weighted by atomic mass is 10.1. The number of likely N-dealkylation sites (tertiary alicyclic amines) is 1. The number of rotatable bonds is 7. The van der Waals surface area contributed by atoms with Crippen LogP contribution in [0.3, 0.4) is 0 Å². The lowest BCUT2D eigenvalue weighted by Crippen LogP contribution is -2.43. The summed E-state index contributed by atoms with van der Waals surface area (Å²) in [6.45, 7) is 3.45. The van der Waals surface area contributed by atoms with Crippen molar-refractivity contribution in [3.63, 3.8) is 0 Å². The first-order valence-corrected chi connectivity index (χ1v) is 8.83. The average molecular weight is 339 g/mol. The number of aromatic nitrogens is 1. The summed E-state index contributed by atoms with van der Waals surface area (Å²) in [5.41, 5.74) is 2.23. The largest absolute Gasteiger partial charge is 0.373 e. The molecule has 2 heterocycles. The maximum atomic E-state index is 12.1. The number of piperidine rings is 1. The molecule has 1 saturated heterocycles. The van der Waals surface area contributed by atoms with Gasteiger partial charge in [0.25, 0.3) is 0 Å². The molecule has 1 amide bonds. The molecule has 5 heteroatoms. The monoisotopic (exact) mass is 339 g/mol. The standard InChI is InChI=1S/C20H25N3O2/c24-20(22-14-18-7-4-10-21-13-18)15-23-11-8-19(9-12-23)25-16-17-5-2-1-3-6-17/h1-7,10,13,19H,8-9,11-12,14-16H2,(H,22,24). The lowest BCUT2D eigenvalue weighted by molar-refractivity contribution is -0.123. The van der Waals surface area contributed by atoms with E-state index in [0.717, 1.165) is 31.5 Å². The molecule has 0 atom stereocenters. The van der Waals surface area contributed by atoms with Crippen LogP contribution in [0, 0.1) is 0 Å². The molecule has 2 aromatic rings. The molecule has 1 aromatic heterocycles. The Morgan fingerprint density at radius 3 is 2.60 bits per heavy atom. The van der Waals surface area contributed by atoms with Gasteiger partial charge in [0, 0.05) is 32.0 Å². The molecular weight excluding hydrogens is 314 g/mol. The van der Waals surface area contributed by atoms with Crippen LogP contribution in [-0.4, -0.2) is 41.5 Å². The number of amides is 1. The molecule has 132 valence electrons. The Labute approximate surface area is 149 Å². The third-order valence-electron chi connectivity index (χ3n) is 4.44. The van der Waals surface area contributed by atoms with Crippen molar-refractivity contribution in [3.8, 4) is 0 Å². The molecule has 5 nitrogen and oxygen atoms in total. The highest BCUT2D eigenvalue weighted by atomic mass is 16.5. The van der Waals surface area contributed by atoms with Crippen LogP contribution in [0.5, 0.6) is 0 Å². The van der Waals surface area contributed by atoms with Crippen LogP contribution in [0.15, 0.2) is 54.9 Å². The number of hydrogen-bond acceptors (Lipinski definition) is 4. The molecule has 1 aliphatic rings. The van der Waals surface area contributed by atoms with E-state index in [0.29, 0.717) is 19.7 Å². The van der Waals surface area contributed by atoms with Gasteiger partial charge in [0.1, 0.15) is 0 Å². The van der Waals surface area contributed by atoms with Crippen molar-refractivity contribution in [2.24, 2.45) is 0 Å². The van der Waals surface area contributed by atoms with E-state index >= 15 is 0 Å². The first-order valence-electron chi connectivity index (χ1n) is 8.83. The summed E-state index contributed by atoms with van der Waals surface area (Å²) in [6.07, 6.45) is 5.74. The van der Waals surface area contributed by atoms with E-state index in [2.05, 4.69) is 27.3 Å². The van der Waals surface area contributed by atoms with E-state index in [4.69, 9.17) is 4.74 Å². The maximum absolute atomic E-state index is 12.1. The predicted octanol–water partition coefficient (Wildman–Crippen LogP) is 2.38. The summed E-state index contributed by atoms with van der Waals surface area (Å²) >= 11 is 0. The van der Waals surface area contributed by atoms with Gasteiger partial charge < -0.3 is 10.1 Å². The highest BCUT2D eigenvalue weighted by Gasteiger charge is 2.21. The zero-order valence-electron chi connectivity index (χ0n) is 14.4. The van der Waals surface area contributed by atoms with Crippen LogP contribution >= 0.6 is 0 Å². The Kier molecular flexibility index (Phi) is 6.54. The van der Waals surface area contributed by atoms with Crippen LogP contribution < -0.4 is 5.32 Å². The number of ether oxygens (including phenoxy) is 1. The predicted molar refractivity (Wildman–Crippen MR) is 96.8 cm³/mol. The van der Waals surface area contributed by atoms with Crippen molar-refractivity contribution in [1.29, 1.82) is 0 Å². The van der Waals surface area contributed by atoms with Crippen molar-refractivity contribution in [2.75, 3.05) is 19.6 Å². The molecule has 0 aliphatic carbocycles. The van der Waals surface area contributed by atoms with Gasteiger partial charge in [-0.25, -0.2) is 0 Å². The van der Waals surface area contributed by atoms with Gasteiger partial charge in [0.05, 0.1) is 19.3 Å². The van der Waals surface area contributed by atoms with Gasteiger partial charge in [-0.3, -0.25) is 14.7 Å². The Morgan fingerprint density at radius 2 is 1.88 bits per heavy atom. The number of carbonyl (C=O) groups is 1. The Bertz CT molecular complexity index is 641. The van der Waals surface area contributed by atoms with Crippen LogP contribution in [0.1, 0.15) is 24.0 Å². The van der Waals surface area contributed by atoms with Gasteiger partial charge in [-0.15, -0.1) is 0 Å². The second-order valence-corrected chi connectivity index (χ2v) is 6.41. The summed E-state index contributed by atoms with van der Waals surface area (Å²) in [7, 11) is 0. The van der Waals surface area contributed by atoms with E-state index in [9.17, 15) is 4.79 Å². The number of pyridine rings is 1. The lowest BCUT2D eigenvalue weighted by Gasteiger charge is -2.31. The smallest absolute Gasteiger partial charge is 0.234 e. The number of nitrogens with one attached hydrogen (secondary N) is 1. The molecule has 0 radical (unpaired) electrons. The fourth-order valence-electron chi connectivity index (χ4n) is 2.98. The van der Waals surface area contributed by atoms with Crippen molar-refractivity contribution < 1.29 is 9.53 Å². The van der Waals surface area contributed by atoms with Gasteiger partial charge in [-0.05, 0) is 30.0 Å². The van der Waals surface area contributed by atoms with E-state index in [-0.39, 0.29) is 12.0 Å². The fraction of sp³-hybridized carbons (Fsp3) is 0.400. The van der Waals surface area contributed by atoms with Crippen LogP contribution in [0.25, 0.3) is 0 Å². The molecular formula is C20H25N3O2. The summed E-state index contributed by atoms with van der Waals surface area (Å²) < 4.78 is 5.99. The first kappa shape index (κ1) is 17.6. The second-order valence-electron chi connectivity index (χ2n) is 6.41. The molecule has 0 spiro atoms. The van der Waals surface area contributed by atoms with Gasteiger partial charge >= 0.3 is 0 Å². The van der Waals surface area contributed by atoms with E-state index in [1.54, 1.807) is 12.4 Å². The Morgan fingerprint density at radius 1 is 1.12 bits per heavy atom. The fourth-order valence-corrected chi connectivity index (χ4v) is 2.98. The highest BCUT2D eigenvalue weighted by molar-refractivity contribution is 5.78. The zero-order chi connectivity index (χ0) is 17.3. The molecule has 0 bridgehead atoms. The molecule has 25 heavy (non-hydrogen) atoms. The number of carbonyl (C=O) groups excluding carboxylic acids is 1. The number of benzene rings is 1. The summed E-state index contributed by atoms with van der Waals surface area (Å²) in [5, 5.41) is 2.95. The van der Waals surface area contributed by atoms with Crippen molar-refractivity contribution >= 4 is 5.91 Å². The first-order chi connectivity index (χ1) is 12.3. The molecule has 1 fully saturated rings. The third-order valence-corrected chi connectivity index (χ3v) is 4.44. The minimum Gasteiger partial charge on any atom is -0.373 e. The number of hydrogen-bond donors (Lipinski definition) is 1. The van der Waals surface area contributed by atoms with Crippen LogP contribution in [-0.2, 0) is 22.7 Å². The van der Waals surface area contributed by atoms with Gasteiger partial charge in [-0.2, -0.15) is 0 Å². The van der Waals surface area contributed by atoms with Gasteiger partial charge in [0.2, 0.25) is 5.91 Å². The van der Waals surface area contributed by atoms with E-state index in [1.165, 1.54) is 5.56 Å². The average Bonchev–Trinajstić information content (AvgIpc) is 2.67. The van der Waals surface area contributed by atoms with Gasteiger partial charge in [-0.1, -0.05) is 36.4 Å². The topological polar surface area (TPSA) is 54.5 Å². The SMILES string of the molecule is O=C(CN1CCC(OCc2ccccc2)CC1)NCc1cccnc1. The quantitative estimate of drug-likeness (QED) is 0.841. The highest BCUT2D eigenvalue weighted by Crippen LogP contribution is 2.15. The maximum Gasteiger partial charge on any atom is 0.234 e. The summed E-state index contributed by atoms with van der Waals surface area (Å²) in [5.74, 6) is 0.0625. The van der Waals surface area contributed by atoms with Gasteiger partial charge in [0.15, 0.2) is 0 Å². The third kappa shape index (κ3) is 5.96. The minimum absolute atomic E-state index is 0.0625. The van der Waals surface area contributed by atoms with E-state index in [1.807, 2.05) is 30.3 Å². The van der Waals surface area contributed by atoms with Crippen LogP contribution in [0.4, 0.5) is 0 Å². The molecule has 1 aliphatic heterocycles. The molecule has 0 unspecified atom stereocenters.